The Labute approximate surface area is 123 Å². The number of nitrogens with zero attached hydrogens (tertiary/aromatic N) is 1. The third-order valence-electron chi connectivity index (χ3n) is 2.66. The number of ether oxygens (including phenoxy) is 1. The third-order valence-corrected chi connectivity index (χ3v) is 3.71. The average Bonchev–Trinajstić information content (AvgIpc) is 2.52. The zero-order valence-electron chi connectivity index (χ0n) is 11.1. The van der Waals surface area contributed by atoms with Crippen LogP contribution >= 0.6 is 8.20 Å². The Hall–Kier alpha value is -2.52. The smallest absolute Gasteiger partial charge is 0.373 e. The molecule has 0 aliphatic rings. The molecule has 0 aliphatic heterocycles. The summed E-state index contributed by atoms with van der Waals surface area (Å²) in [5, 5.41) is 11.6. The van der Waals surface area contributed by atoms with Crippen molar-refractivity contribution in [2.24, 2.45) is 0 Å². The lowest BCUT2D eigenvalue weighted by molar-refractivity contribution is -0.384. The van der Waals surface area contributed by atoms with Gasteiger partial charge in [0.25, 0.3) is 5.69 Å². The Bertz CT molecular complexity index is 653. The van der Waals surface area contributed by atoms with E-state index in [1.807, 2.05) is 30.3 Å². The van der Waals surface area contributed by atoms with Crippen LogP contribution in [0.15, 0.2) is 54.6 Å². The molecule has 2 aromatic carbocycles. The predicted molar refractivity (Wildman–Crippen MR) is 83.3 cm³/mol. The summed E-state index contributed by atoms with van der Waals surface area (Å²) in [5.41, 5.74) is 0.729. The molecule has 6 heteroatoms. The molecule has 0 bridgehead atoms. The number of carbonyl (C=O) groups excluding carboxylic acids is 1. The van der Waals surface area contributed by atoms with Crippen molar-refractivity contribution in [2.75, 3.05) is 0 Å². The summed E-state index contributed by atoms with van der Waals surface area (Å²) in [7, 11) is 0.258. The minimum Gasteiger partial charge on any atom is -0.455 e. The first-order chi connectivity index (χ1) is 10.1. The summed E-state index contributed by atoms with van der Waals surface area (Å²) in [6.45, 7) is 0.104. The lowest BCUT2D eigenvalue weighted by Gasteiger charge is -2.00. The maximum atomic E-state index is 11.6. The number of nitro groups is 1. The quantitative estimate of drug-likeness (QED) is 0.368. The maximum absolute atomic E-state index is 11.6. The van der Waals surface area contributed by atoms with Gasteiger partial charge in [-0.1, -0.05) is 18.2 Å². The van der Waals surface area contributed by atoms with Gasteiger partial charge in [0, 0.05) is 12.1 Å². The van der Waals surface area contributed by atoms with E-state index in [2.05, 4.69) is 0 Å². The SMILES string of the molecule is O=C(C=[PH+]c1ccccc1)OCc1ccc([N+](=O)[O-])cc1. The molecule has 106 valence electrons. The van der Waals surface area contributed by atoms with E-state index in [1.165, 1.54) is 17.9 Å². The number of hydrogen-bond donors (Lipinski definition) is 0. The van der Waals surface area contributed by atoms with Crippen molar-refractivity contribution in [1.82, 2.24) is 0 Å². The number of nitro benzene ring substituents is 1. The molecule has 1 atom stereocenters. The van der Waals surface area contributed by atoms with Crippen LogP contribution in [-0.2, 0) is 16.1 Å². The Morgan fingerprint density at radius 2 is 1.81 bits per heavy atom. The standard InChI is InChI=1S/C15H12NO4P/c17-15(11-21-14-4-2-1-3-5-14)20-10-12-6-8-13(9-7-12)16(18)19/h1-9,11H,10H2/p+1. The fourth-order valence-electron chi connectivity index (χ4n) is 1.59. The first kappa shape index (κ1) is 14.9. The Balaban J connectivity index is 1.86. The first-order valence-corrected chi connectivity index (χ1v) is 7.28. The average molecular weight is 302 g/mol. The second-order valence-corrected chi connectivity index (χ2v) is 5.34. The molecule has 0 heterocycles. The van der Waals surface area contributed by atoms with Crippen LogP contribution in [0.3, 0.4) is 0 Å². The van der Waals surface area contributed by atoms with E-state index in [-0.39, 0.29) is 20.5 Å². The van der Waals surface area contributed by atoms with Gasteiger partial charge in [-0.25, -0.2) is 4.79 Å². The van der Waals surface area contributed by atoms with E-state index in [0.717, 1.165) is 5.30 Å². The number of rotatable bonds is 5. The number of carbonyl (C=O) groups is 1. The molecule has 21 heavy (non-hydrogen) atoms. The summed E-state index contributed by atoms with van der Waals surface area (Å²) in [6, 6.07) is 15.6. The Kier molecular flexibility index (Phi) is 5.18. The Morgan fingerprint density at radius 1 is 1.14 bits per heavy atom. The van der Waals surface area contributed by atoms with Crippen LogP contribution in [0.4, 0.5) is 5.69 Å². The van der Waals surface area contributed by atoms with E-state index in [1.54, 1.807) is 12.1 Å². The monoisotopic (exact) mass is 302 g/mol. The summed E-state index contributed by atoms with van der Waals surface area (Å²) < 4.78 is 5.09. The van der Waals surface area contributed by atoms with Crippen LogP contribution < -0.4 is 5.30 Å². The highest BCUT2D eigenvalue weighted by atomic mass is 31.1. The van der Waals surface area contributed by atoms with E-state index >= 15 is 0 Å². The summed E-state index contributed by atoms with van der Waals surface area (Å²) in [6.07, 6.45) is 0. The van der Waals surface area contributed by atoms with Crippen molar-refractivity contribution >= 4 is 31.0 Å². The topological polar surface area (TPSA) is 69.4 Å². The van der Waals surface area contributed by atoms with Crippen molar-refractivity contribution in [1.29, 1.82) is 0 Å². The number of hydrogen-bond acceptors (Lipinski definition) is 4. The van der Waals surface area contributed by atoms with Crippen molar-refractivity contribution < 1.29 is 14.5 Å². The molecule has 1 unspecified atom stereocenters. The molecule has 0 saturated carbocycles. The highest BCUT2D eigenvalue weighted by Gasteiger charge is 2.06. The number of non-ortho nitro benzene ring substituents is 1. The second kappa shape index (κ2) is 7.31. The molecular weight excluding hydrogens is 289 g/mol. The van der Waals surface area contributed by atoms with Gasteiger partial charge in [0.1, 0.15) is 20.1 Å². The minimum absolute atomic E-state index is 0.0159. The lowest BCUT2D eigenvalue weighted by Crippen LogP contribution is -2.05. The second-order valence-electron chi connectivity index (χ2n) is 4.19. The molecule has 5 nitrogen and oxygen atoms in total. The molecule has 0 N–H and O–H groups in total. The predicted octanol–water partition coefficient (Wildman–Crippen LogP) is 2.44. The van der Waals surface area contributed by atoms with Crippen LogP contribution in [0, 0.1) is 10.1 Å². The fourth-order valence-corrected chi connectivity index (χ4v) is 2.34. The van der Waals surface area contributed by atoms with Gasteiger partial charge in [-0.3, -0.25) is 10.1 Å². The van der Waals surface area contributed by atoms with Gasteiger partial charge in [-0.05, 0) is 29.8 Å². The van der Waals surface area contributed by atoms with Gasteiger partial charge in [0.2, 0.25) is 0 Å². The molecular formula is C15H13NO4P+. The highest BCUT2D eigenvalue weighted by molar-refractivity contribution is 7.49. The molecule has 0 saturated heterocycles. The van der Waals surface area contributed by atoms with E-state index in [0.29, 0.717) is 5.56 Å². The summed E-state index contributed by atoms with van der Waals surface area (Å²) in [5.74, 6) is 1.11. The fraction of sp³-hybridized carbons (Fsp3) is 0.0667. The van der Waals surface area contributed by atoms with Gasteiger partial charge < -0.3 is 4.74 Å². The highest BCUT2D eigenvalue weighted by Crippen LogP contribution is 2.12. The third kappa shape index (κ3) is 4.82. The molecule has 0 aliphatic carbocycles. The van der Waals surface area contributed by atoms with E-state index in [9.17, 15) is 14.9 Å². The van der Waals surface area contributed by atoms with Crippen molar-refractivity contribution in [2.45, 2.75) is 6.61 Å². The minimum atomic E-state index is -0.468. The normalized spacial score (nSPS) is 10.5. The summed E-state index contributed by atoms with van der Waals surface area (Å²) in [4.78, 5) is 21.6. The molecule has 0 fully saturated rings. The van der Waals surface area contributed by atoms with Gasteiger partial charge in [-0.2, -0.15) is 0 Å². The molecule has 0 amide bonds. The van der Waals surface area contributed by atoms with Crippen LogP contribution in [-0.4, -0.2) is 16.7 Å². The molecule has 2 rings (SSSR count). The van der Waals surface area contributed by atoms with E-state index < -0.39 is 10.9 Å². The largest absolute Gasteiger partial charge is 0.455 e. The van der Waals surface area contributed by atoms with Crippen LogP contribution in [0.5, 0.6) is 0 Å². The van der Waals surface area contributed by atoms with Crippen molar-refractivity contribution in [3.8, 4) is 0 Å². The van der Waals surface area contributed by atoms with Gasteiger partial charge in [0.15, 0.2) is 5.80 Å². The van der Waals surface area contributed by atoms with E-state index in [4.69, 9.17) is 4.74 Å². The van der Waals surface area contributed by atoms with Crippen LogP contribution in [0.2, 0.25) is 0 Å². The van der Waals surface area contributed by atoms with Gasteiger partial charge >= 0.3 is 5.97 Å². The zero-order valence-corrected chi connectivity index (χ0v) is 12.1. The molecule has 2 aromatic rings. The molecule has 0 spiro atoms. The van der Waals surface area contributed by atoms with Gasteiger partial charge in [0.05, 0.1) is 4.92 Å². The number of benzene rings is 2. The van der Waals surface area contributed by atoms with Crippen LogP contribution in [0.1, 0.15) is 5.56 Å². The van der Waals surface area contributed by atoms with Gasteiger partial charge in [-0.15, -0.1) is 0 Å². The maximum Gasteiger partial charge on any atom is 0.373 e. The Morgan fingerprint density at radius 3 is 2.43 bits per heavy atom. The zero-order chi connectivity index (χ0) is 15.1. The van der Waals surface area contributed by atoms with Crippen molar-refractivity contribution in [3.05, 3.63) is 70.3 Å². The first-order valence-electron chi connectivity index (χ1n) is 6.20. The lowest BCUT2D eigenvalue weighted by atomic mass is 10.2. The molecule has 0 radical (unpaired) electrons. The molecule has 0 aromatic heterocycles. The summed E-state index contributed by atoms with van der Waals surface area (Å²) >= 11 is 0. The van der Waals surface area contributed by atoms with Crippen LogP contribution in [0.25, 0.3) is 0 Å². The van der Waals surface area contributed by atoms with Crippen molar-refractivity contribution in [3.63, 3.8) is 0 Å². The number of esters is 1.